The van der Waals surface area contributed by atoms with E-state index in [0.717, 1.165) is 18.8 Å². The Balaban J connectivity index is 1.76. The van der Waals surface area contributed by atoms with Gasteiger partial charge in [0.05, 0.1) is 24.6 Å². The van der Waals surface area contributed by atoms with Crippen LogP contribution in [0.1, 0.15) is 5.56 Å². The maximum atomic E-state index is 13.6. The molecule has 1 fully saturated rings. The van der Waals surface area contributed by atoms with Crippen LogP contribution in [0.3, 0.4) is 0 Å². The van der Waals surface area contributed by atoms with Crippen LogP contribution < -0.4 is 10.2 Å². The smallest absolute Gasteiger partial charge is 0.248 e. The van der Waals surface area contributed by atoms with Crippen molar-refractivity contribution in [3.05, 3.63) is 64.9 Å². The number of benzene rings is 2. The molecular formula is C19H18ClFN2O2. The van der Waals surface area contributed by atoms with Crippen LogP contribution in [0, 0.1) is 5.82 Å². The van der Waals surface area contributed by atoms with E-state index in [4.69, 9.17) is 16.3 Å². The first-order valence-corrected chi connectivity index (χ1v) is 8.37. The van der Waals surface area contributed by atoms with Gasteiger partial charge in [-0.1, -0.05) is 29.8 Å². The predicted molar refractivity (Wildman–Crippen MR) is 98.5 cm³/mol. The maximum Gasteiger partial charge on any atom is 0.248 e. The van der Waals surface area contributed by atoms with E-state index in [-0.39, 0.29) is 11.7 Å². The molecule has 0 bridgehead atoms. The summed E-state index contributed by atoms with van der Waals surface area (Å²) >= 11 is 6.07. The van der Waals surface area contributed by atoms with E-state index in [9.17, 15) is 9.18 Å². The minimum atomic E-state index is -0.372. The highest BCUT2D eigenvalue weighted by atomic mass is 35.5. The standard InChI is InChI=1S/C19H18ClFN2O2/c20-15-6-7-18(23-9-11-25-12-10-23)17(13-15)22-19(24)8-5-14-3-1-2-4-16(14)21/h1-8,13H,9-12H2,(H,22,24)/b8-5+. The van der Waals surface area contributed by atoms with E-state index >= 15 is 0 Å². The number of nitrogens with zero attached hydrogens (tertiary/aromatic N) is 1. The highest BCUT2D eigenvalue weighted by molar-refractivity contribution is 6.31. The number of carbonyl (C=O) groups excluding carboxylic acids is 1. The van der Waals surface area contributed by atoms with Gasteiger partial charge in [0, 0.05) is 29.8 Å². The highest BCUT2D eigenvalue weighted by Gasteiger charge is 2.16. The third-order valence-corrected chi connectivity index (χ3v) is 4.12. The fourth-order valence-corrected chi connectivity index (χ4v) is 2.81. The Morgan fingerprint density at radius 3 is 2.72 bits per heavy atom. The lowest BCUT2D eigenvalue weighted by Crippen LogP contribution is -2.36. The van der Waals surface area contributed by atoms with Crippen molar-refractivity contribution >= 4 is 35.0 Å². The molecule has 1 N–H and O–H groups in total. The molecule has 4 nitrogen and oxygen atoms in total. The second kappa shape index (κ2) is 8.14. The van der Waals surface area contributed by atoms with Gasteiger partial charge in [-0.15, -0.1) is 0 Å². The molecule has 130 valence electrons. The van der Waals surface area contributed by atoms with E-state index in [2.05, 4.69) is 10.2 Å². The Kier molecular flexibility index (Phi) is 5.68. The fourth-order valence-electron chi connectivity index (χ4n) is 2.64. The number of rotatable bonds is 4. The van der Waals surface area contributed by atoms with Gasteiger partial charge in [0.15, 0.2) is 0 Å². The third-order valence-electron chi connectivity index (χ3n) is 3.89. The van der Waals surface area contributed by atoms with Crippen molar-refractivity contribution in [2.45, 2.75) is 0 Å². The van der Waals surface area contributed by atoms with Crippen molar-refractivity contribution in [2.75, 3.05) is 36.5 Å². The van der Waals surface area contributed by atoms with Gasteiger partial charge in [0.25, 0.3) is 0 Å². The van der Waals surface area contributed by atoms with E-state index < -0.39 is 0 Å². The lowest BCUT2D eigenvalue weighted by Gasteiger charge is -2.30. The second-order valence-electron chi connectivity index (χ2n) is 5.60. The van der Waals surface area contributed by atoms with Crippen LogP contribution in [0.5, 0.6) is 0 Å². The van der Waals surface area contributed by atoms with Crippen LogP contribution in [0.4, 0.5) is 15.8 Å². The van der Waals surface area contributed by atoms with Crippen molar-refractivity contribution in [1.29, 1.82) is 0 Å². The van der Waals surface area contributed by atoms with Crippen molar-refractivity contribution in [3.63, 3.8) is 0 Å². The molecule has 1 aliphatic heterocycles. The molecule has 1 aliphatic rings. The van der Waals surface area contributed by atoms with Gasteiger partial charge in [-0.25, -0.2) is 4.39 Å². The number of halogens is 2. The fraction of sp³-hybridized carbons (Fsp3) is 0.211. The first-order chi connectivity index (χ1) is 12.1. The third kappa shape index (κ3) is 4.59. The van der Waals surface area contributed by atoms with Crippen LogP contribution in [0.15, 0.2) is 48.5 Å². The van der Waals surface area contributed by atoms with Gasteiger partial charge < -0.3 is 15.0 Å². The van der Waals surface area contributed by atoms with Crippen LogP contribution in [-0.2, 0) is 9.53 Å². The first kappa shape index (κ1) is 17.5. The molecule has 0 radical (unpaired) electrons. The molecule has 1 heterocycles. The van der Waals surface area contributed by atoms with Gasteiger partial charge in [0.2, 0.25) is 5.91 Å². The lowest BCUT2D eigenvalue weighted by molar-refractivity contribution is -0.111. The van der Waals surface area contributed by atoms with E-state index in [1.807, 2.05) is 6.07 Å². The Hall–Kier alpha value is -2.37. The normalized spacial score (nSPS) is 14.7. The zero-order valence-corrected chi connectivity index (χ0v) is 14.3. The number of hydrogen-bond acceptors (Lipinski definition) is 3. The molecule has 1 amide bonds. The average Bonchev–Trinajstić information content (AvgIpc) is 2.62. The van der Waals surface area contributed by atoms with E-state index in [0.29, 0.717) is 29.5 Å². The molecule has 2 aromatic rings. The minimum Gasteiger partial charge on any atom is -0.378 e. The Bertz CT molecular complexity index is 789. The van der Waals surface area contributed by atoms with Crippen LogP contribution in [0.2, 0.25) is 5.02 Å². The molecule has 6 heteroatoms. The summed E-state index contributed by atoms with van der Waals surface area (Å²) in [7, 11) is 0. The van der Waals surface area contributed by atoms with Gasteiger partial charge in [0.1, 0.15) is 5.82 Å². The number of amides is 1. The van der Waals surface area contributed by atoms with Crippen molar-refractivity contribution in [1.82, 2.24) is 0 Å². The Morgan fingerprint density at radius 1 is 1.20 bits per heavy atom. The lowest BCUT2D eigenvalue weighted by atomic mass is 10.2. The maximum absolute atomic E-state index is 13.6. The summed E-state index contributed by atoms with van der Waals surface area (Å²) in [5, 5.41) is 3.36. The zero-order chi connectivity index (χ0) is 17.6. The summed E-state index contributed by atoms with van der Waals surface area (Å²) in [6.45, 7) is 2.78. The molecule has 1 saturated heterocycles. The number of anilines is 2. The SMILES string of the molecule is O=C(/C=C/c1ccccc1F)Nc1cc(Cl)ccc1N1CCOCC1. The number of nitrogens with one attached hydrogen (secondary N) is 1. The molecule has 0 aromatic heterocycles. The summed E-state index contributed by atoms with van der Waals surface area (Å²) in [5.41, 5.74) is 1.87. The largest absolute Gasteiger partial charge is 0.378 e. The molecule has 0 atom stereocenters. The second-order valence-corrected chi connectivity index (χ2v) is 6.04. The van der Waals surface area contributed by atoms with Crippen LogP contribution in [-0.4, -0.2) is 32.2 Å². The molecule has 3 rings (SSSR count). The van der Waals surface area contributed by atoms with Crippen molar-refractivity contribution in [3.8, 4) is 0 Å². The topological polar surface area (TPSA) is 41.6 Å². The van der Waals surface area contributed by atoms with Gasteiger partial charge in [-0.3, -0.25) is 4.79 Å². The zero-order valence-electron chi connectivity index (χ0n) is 13.5. The summed E-state index contributed by atoms with van der Waals surface area (Å²) in [6, 6.07) is 11.7. The average molecular weight is 361 g/mol. The first-order valence-electron chi connectivity index (χ1n) is 7.99. The molecule has 0 aliphatic carbocycles. The molecule has 0 spiro atoms. The van der Waals surface area contributed by atoms with E-state index in [1.54, 1.807) is 30.3 Å². The Morgan fingerprint density at radius 2 is 1.96 bits per heavy atom. The van der Waals surface area contributed by atoms with Crippen LogP contribution >= 0.6 is 11.6 Å². The monoisotopic (exact) mass is 360 g/mol. The molecule has 25 heavy (non-hydrogen) atoms. The summed E-state index contributed by atoms with van der Waals surface area (Å²) in [5.74, 6) is -0.719. The van der Waals surface area contributed by atoms with E-state index in [1.165, 1.54) is 18.2 Å². The molecular weight excluding hydrogens is 343 g/mol. The van der Waals surface area contributed by atoms with Crippen molar-refractivity contribution in [2.24, 2.45) is 0 Å². The predicted octanol–water partition coefficient (Wildman–Crippen LogP) is 3.97. The van der Waals surface area contributed by atoms with Gasteiger partial charge in [-0.05, 0) is 30.3 Å². The highest BCUT2D eigenvalue weighted by Crippen LogP contribution is 2.30. The van der Waals surface area contributed by atoms with Gasteiger partial charge in [-0.2, -0.15) is 0 Å². The molecule has 0 unspecified atom stereocenters. The molecule has 2 aromatic carbocycles. The number of morpholine rings is 1. The number of hydrogen-bond donors (Lipinski definition) is 1. The summed E-state index contributed by atoms with van der Waals surface area (Å²) in [6.07, 6.45) is 2.76. The summed E-state index contributed by atoms with van der Waals surface area (Å²) in [4.78, 5) is 14.4. The van der Waals surface area contributed by atoms with Crippen LogP contribution in [0.25, 0.3) is 6.08 Å². The molecule has 0 saturated carbocycles. The number of ether oxygens (including phenoxy) is 1. The summed E-state index contributed by atoms with van der Waals surface area (Å²) < 4.78 is 19.0. The number of carbonyl (C=O) groups is 1. The quantitative estimate of drug-likeness (QED) is 0.839. The van der Waals surface area contributed by atoms with Gasteiger partial charge >= 0.3 is 0 Å². The Labute approximate surface area is 150 Å². The van der Waals surface area contributed by atoms with Crippen molar-refractivity contribution < 1.29 is 13.9 Å². The minimum absolute atomic E-state index is 0.347.